The molecule has 2 aliphatic heterocycles. The molecule has 1 atom stereocenters. The average Bonchev–Trinajstić information content (AvgIpc) is 2.95. The van der Waals surface area contributed by atoms with Crippen molar-refractivity contribution in [2.24, 2.45) is 0 Å². The molecule has 1 unspecified atom stereocenters. The lowest BCUT2D eigenvalue weighted by atomic mass is 9.95. The summed E-state index contributed by atoms with van der Waals surface area (Å²) in [5.74, 6) is 0.0434. The molecule has 2 aliphatic rings. The van der Waals surface area contributed by atoms with E-state index in [1.807, 2.05) is 30.3 Å². The molecule has 7 nitrogen and oxygen atoms in total. The van der Waals surface area contributed by atoms with Gasteiger partial charge in [-0.1, -0.05) is 36.4 Å². The van der Waals surface area contributed by atoms with Crippen LogP contribution in [0.3, 0.4) is 0 Å². The summed E-state index contributed by atoms with van der Waals surface area (Å²) in [4.78, 5) is 40.6. The maximum Gasteiger partial charge on any atom is 0.327 e. The number of para-hydroxylation sites is 2. The maximum atomic E-state index is 12.7. The molecule has 0 bridgehead atoms. The summed E-state index contributed by atoms with van der Waals surface area (Å²) in [6.07, 6.45) is 0.549. The topological polar surface area (TPSA) is 79.0 Å². The van der Waals surface area contributed by atoms with Crippen LogP contribution in [0.4, 0.5) is 10.5 Å². The quantitative estimate of drug-likeness (QED) is 0.810. The summed E-state index contributed by atoms with van der Waals surface area (Å²) >= 11 is 0. The molecule has 0 saturated carbocycles. The Morgan fingerprint density at radius 2 is 1.82 bits per heavy atom. The van der Waals surface area contributed by atoms with Crippen molar-refractivity contribution in [3.05, 3.63) is 59.7 Å². The number of amides is 4. The van der Waals surface area contributed by atoms with Crippen LogP contribution in [0.15, 0.2) is 48.5 Å². The summed E-state index contributed by atoms with van der Waals surface area (Å²) in [6.45, 7) is 0.483. The Hall–Kier alpha value is -3.35. The molecule has 0 spiro atoms. The van der Waals surface area contributed by atoms with Gasteiger partial charge in [0.2, 0.25) is 5.91 Å². The van der Waals surface area contributed by atoms with Gasteiger partial charge in [0, 0.05) is 25.9 Å². The van der Waals surface area contributed by atoms with Crippen LogP contribution in [-0.2, 0) is 22.6 Å². The van der Waals surface area contributed by atoms with Crippen LogP contribution in [0.5, 0.6) is 5.75 Å². The van der Waals surface area contributed by atoms with Crippen LogP contribution in [0.25, 0.3) is 0 Å². The van der Waals surface area contributed by atoms with Crippen molar-refractivity contribution in [3.8, 4) is 5.75 Å². The lowest BCUT2D eigenvalue weighted by Crippen LogP contribution is -2.39. The van der Waals surface area contributed by atoms with Crippen LogP contribution in [-0.4, -0.2) is 47.3 Å². The van der Waals surface area contributed by atoms with E-state index in [2.05, 4.69) is 5.32 Å². The second kappa shape index (κ2) is 7.34. The number of nitrogens with one attached hydrogen (secondary N) is 1. The van der Waals surface area contributed by atoms with Gasteiger partial charge < -0.3 is 15.0 Å². The van der Waals surface area contributed by atoms with E-state index in [0.717, 1.165) is 11.1 Å². The third-order valence-corrected chi connectivity index (χ3v) is 5.22. The first-order chi connectivity index (χ1) is 13.6. The largest absolute Gasteiger partial charge is 0.495 e. The Morgan fingerprint density at radius 1 is 1.11 bits per heavy atom. The maximum absolute atomic E-state index is 12.7. The van der Waals surface area contributed by atoms with Gasteiger partial charge in [-0.3, -0.25) is 14.5 Å². The predicted octanol–water partition coefficient (Wildman–Crippen LogP) is 2.41. The standard InChI is InChI=1S/C21H21N3O4/c1-28-18-9-5-4-8-16(18)22-19(25)10-11-23-20(26)17-12-14-6-2-3-7-15(14)13-24(17)21(23)27/h2-9,17H,10-13H2,1H3,(H,22,25). The summed E-state index contributed by atoms with van der Waals surface area (Å²) in [6, 6.07) is 14.1. The number of carbonyl (C=O) groups is 3. The Kier molecular flexibility index (Phi) is 4.73. The molecule has 4 amide bonds. The normalized spacial score (nSPS) is 18.0. The van der Waals surface area contributed by atoms with E-state index in [4.69, 9.17) is 4.74 Å². The first-order valence-corrected chi connectivity index (χ1v) is 9.20. The molecule has 4 rings (SSSR count). The second-order valence-corrected chi connectivity index (χ2v) is 6.89. The fourth-order valence-corrected chi connectivity index (χ4v) is 3.75. The zero-order chi connectivity index (χ0) is 19.7. The molecule has 28 heavy (non-hydrogen) atoms. The number of nitrogens with zero attached hydrogens (tertiary/aromatic N) is 2. The minimum absolute atomic E-state index is 0.0308. The van der Waals surface area contributed by atoms with E-state index in [-0.39, 0.29) is 30.8 Å². The number of rotatable bonds is 5. The zero-order valence-corrected chi connectivity index (χ0v) is 15.6. The highest BCUT2D eigenvalue weighted by molar-refractivity contribution is 6.05. The van der Waals surface area contributed by atoms with Crippen molar-refractivity contribution < 1.29 is 19.1 Å². The number of hydrogen-bond acceptors (Lipinski definition) is 4. The summed E-state index contributed by atoms with van der Waals surface area (Å²) in [5.41, 5.74) is 2.72. The Labute approximate surface area is 162 Å². The van der Waals surface area contributed by atoms with Crippen molar-refractivity contribution >= 4 is 23.5 Å². The lowest BCUT2D eigenvalue weighted by molar-refractivity contribution is -0.128. The van der Waals surface area contributed by atoms with Gasteiger partial charge in [0.05, 0.1) is 12.8 Å². The van der Waals surface area contributed by atoms with E-state index < -0.39 is 6.04 Å². The van der Waals surface area contributed by atoms with Gasteiger partial charge in [-0.2, -0.15) is 0 Å². The fourth-order valence-electron chi connectivity index (χ4n) is 3.75. The fraction of sp³-hybridized carbons (Fsp3) is 0.286. The molecule has 7 heteroatoms. The Balaban J connectivity index is 1.40. The molecule has 144 valence electrons. The van der Waals surface area contributed by atoms with E-state index >= 15 is 0 Å². The minimum Gasteiger partial charge on any atom is -0.495 e. The molecule has 0 aromatic heterocycles. The van der Waals surface area contributed by atoms with Crippen LogP contribution >= 0.6 is 0 Å². The smallest absolute Gasteiger partial charge is 0.327 e. The molecule has 2 heterocycles. The number of benzene rings is 2. The third kappa shape index (κ3) is 3.19. The number of fused-ring (bicyclic) bond motifs is 2. The highest BCUT2D eigenvalue weighted by Gasteiger charge is 2.46. The summed E-state index contributed by atoms with van der Waals surface area (Å²) in [5, 5.41) is 2.77. The highest BCUT2D eigenvalue weighted by Crippen LogP contribution is 2.30. The predicted molar refractivity (Wildman–Crippen MR) is 103 cm³/mol. The average molecular weight is 379 g/mol. The van der Waals surface area contributed by atoms with E-state index in [1.165, 1.54) is 12.0 Å². The molecule has 2 aromatic carbocycles. The molecule has 1 saturated heterocycles. The van der Waals surface area contributed by atoms with Gasteiger partial charge in [-0.15, -0.1) is 0 Å². The number of anilines is 1. The van der Waals surface area contributed by atoms with Gasteiger partial charge in [0.1, 0.15) is 11.8 Å². The van der Waals surface area contributed by atoms with E-state index in [0.29, 0.717) is 24.4 Å². The van der Waals surface area contributed by atoms with Crippen LogP contribution < -0.4 is 10.1 Å². The van der Waals surface area contributed by atoms with Gasteiger partial charge >= 0.3 is 6.03 Å². The van der Waals surface area contributed by atoms with Crippen LogP contribution in [0.1, 0.15) is 17.5 Å². The van der Waals surface area contributed by atoms with Crippen molar-refractivity contribution in [2.45, 2.75) is 25.4 Å². The van der Waals surface area contributed by atoms with Crippen molar-refractivity contribution in [1.82, 2.24) is 9.80 Å². The Morgan fingerprint density at radius 3 is 2.61 bits per heavy atom. The Bertz CT molecular complexity index is 900. The highest BCUT2D eigenvalue weighted by atomic mass is 16.5. The molecule has 1 N–H and O–H groups in total. The molecular formula is C21H21N3O4. The number of urea groups is 1. The monoisotopic (exact) mass is 379 g/mol. The minimum atomic E-state index is -0.473. The molecule has 1 fully saturated rings. The summed E-state index contributed by atoms with van der Waals surface area (Å²) in [7, 11) is 1.53. The van der Waals surface area contributed by atoms with Crippen LogP contribution in [0.2, 0.25) is 0 Å². The first kappa shape index (κ1) is 18.0. The van der Waals surface area contributed by atoms with E-state index in [9.17, 15) is 14.4 Å². The molecular weight excluding hydrogens is 358 g/mol. The van der Waals surface area contributed by atoms with Gasteiger partial charge in [-0.05, 0) is 23.3 Å². The SMILES string of the molecule is COc1ccccc1NC(=O)CCN1C(=O)C2Cc3ccccc3CN2C1=O. The van der Waals surface area contributed by atoms with E-state index in [1.54, 1.807) is 23.1 Å². The number of carbonyl (C=O) groups excluding carboxylic acids is 3. The van der Waals surface area contributed by atoms with Gasteiger partial charge in [-0.25, -0.2) is 4.79 Å². The van der Waals surface area contributed by atoms with Crippen molar-refractivity contribution in [2.75, 3.05) is 19.0 Å². The van der Waals surface area contributed by atoms with Gasteiger partial charge in [0.25, 0.3) is 5.91 Å². The molecule has 0 radical (unpaired) electrons. The second-order valence-electron chi connectivity index (χ2n) is 6.89. The number of methoxy groups -OCH3 is 1. The number of hydrogen-bond donors (Lipinski definition) is 1. The lowest BCUT2D eigenvalue weighted by Gasteiger charge is -2.28. The third-order valence-electron chi connectivity index (χ3n) is 5.22. The van der Waals surface area contributed by atoms with Gasteiger partial charge in [0.15, 0.2) is 0 Å². The zero-order valence-electron chi connectivity index (χ0n) is 15.6. The summed E-state index contributed by atoms with van der Waals surface area (Å²) < 4.78 is 5.21. The molecule has 2 aromatic rings. The molecule has 0 aliphatic carbocycles. The van der Waals surface area contributed by atoms with Crippen molar-refractivity contribution in [3.63, 3.8) is 0 Å². The van der Waals surface area contributed by atoms with Crippen molar-refractivity contribution in [1.29, 1.82) is 0 Å². The first-order valence-electron chi connectivity index (χ1n) is 9.20. The number of ether oxygens (including phenoxy) is 1. The number of imide groups is 1. The van der Waals surface area contributed by atoms with Crippen LogP contribution in [0, 0.1) is 0 Å².